The third-order valence-corrected chi connectivity index (χ3v) is 5.30. The molecule has 2 heterocycles. The van der Waals surface area contributed by atoms with Crippen molar-refractivity contribution in [3.05, 3.63) is 108 Å². The first-order valence-electron chi connectivity index (χ1n) is 9.93. The zero-order valence-electron chi connectivity index (χ0n) is 16.9. The molecule has 3 aromatic carbocycles. The van der Waals surface area contributed by atoms with Crippen molar-refractivity contribution in [2.45, 2.75) is 6.04 Å². The molecule has 2 aromatic heterocycles. The Morgan fingerprint density at radius 3 is 2.39 bits per heavy atom. The number of nitrogens with one attached hydrogen (secondary N) is 1. The van der Waals surface area contributed by atoms with Crippen LogP contribution in [0.3, 0.4) is 0 Å². The molecule has 7 nitrogen and oxygen atoms in total. The Morgan fingerprint density at radius 2 is 1.68 bits per heavy atom. The second-order valence-corrected chi connectivity index (χ2v) is 7.22. The van der Waals surface area contributed by atoms with E-state index in [4.69, 9.17) is 4.98 Å². The highest BCUT2D eigenvalue weighted by Gasteiger charge is 2.23. The fraction of sp³-hybridized carbons (Fsp3) is 0.0833. The van der Waals surface area contributed by atoms with Crippen molar-refractivity contribution in [2.24, 2.45) is 7.05 Å². The summed E-state index contributed by atoms with van der Waals surface area (Å²) in [5.74, 6) is 0.603. The minimum atomic E-state index is -0.388. The van der Waals surface area contributed by atoms with Crippen molar-refractivity contribution in [1.82, 2.24) is 29.6 Å². The van der Waals surface area contributed by atoms with Gasteiger partial charge in [-0.3, -0.25) is 4.79 Å². The maximum absolute atomic E-state index is 13.1. The number of aromatic nitrogens is 5. The molecule has 5 rings (SSSR count). The maximum atomic E-state index is 13.1. The predicted octanol–water partition coefficient (Wildman–Crippen LogP) is 3.67. The van der Waals surface area contributed by atoms with Gasteiger partial charge in [0.1, 0.15) is 24.5 Å². The third-order valence-electron chi connectivity index (χ3n) is 5.30. The van der Waals surface area contributed by atoms with Gasteiger partial charge in [0.05, 0.1) is 16.7 Å². The summed E-state index contributed by atoms with van der Waals surface area (Å²) in [4.78, 5) is 21.9. The molecule has 0 aliphatic heterocycles. The van der Waals surface area contributed by atoms with E-state index in [-0.39, 0.29) is 11.9 Å². The van der Waals surface area contributed by atoms with Crippen molar-refractivity contribution in [1.29, 1.82) is 0 Å². The molecule has 1 amide bonds. The molecule has 0 bridgehead atoms. The van der Waals surface area contributed by atoms with E-state index in [9.17, 15) is 4.79 Å². The van der Waals surface area contributed by atoms with E-state index < -0.39 is 0 Å². The highest BCUT2D eigenvalue weighted by Crippen LogP contribution is 2.25. The molecule has 0 radical (unpaired) electrons. The van der Waals surface area contributed by atoms with Crippen LogP contribution in [-0.2, 0) is 7.05 Å². The fourth-order valence-electron chi connectivity index (χ4n) is 3.69. The summed E-state index contributed by atoms with van der Waals surface area (Å²) in [6.45, 7) is 0. The normalized spacial score (nSPS) is 12.0. The van der Waals surface area contributed by atoms with E-state index in [0.29, 0.717) is 5.56 Å². The van der Waals surface area contributed by atoms with Gasteiger partial charge in [-0.2, -0.15) is 5.10 Å². The topological polar surface area (TPSA) is 77.6 Å². The number of hydrogen-bond donors (Lipinski definition) is 1. The van der Waals surface area contributed by atoms with E-state index in [1.807, 2.05) is 78.3 Å². The highest BCUT2D eigenvalue weighted by molar-refractivity contribution is 5.95. The number of aryl methyl sites for hydroxylation is 1. The summed E-state index contributed by atoms with van der Waals surface area (Å²) in [5, 5.41) is 7.28. The van der Waals surface area contributed by atoms with Crippen molar-refractivity contribution in [3.63, 3.8) is 0 Å². The summed E-state index contributed by atoms with van der Waals surface area (Å²) >= 11 is 0. The molecule has 0 aliphatic rings. The lowest BCUT2D eigenvalue weighted by Gasteiger charge is -2.19. The Labute approximate surface area is 179 Å². The summed E-state index contributed by atoms with van der Waals surface area (Å²) in [6.07, 6.45) is 3.09. The summed E-state index contributed by atoms with van der Waals surface area (Å²) in [5.41, 5.74) is 4.28. The first kappa shape index (κ1) is 18.7. The zero-order chi connectivity index (χ0) is 21.2. The summed E-state index contributed by atoms with van der Waals surface area (Å²) < 4.78 is 3.68. The molecule has 5 aromatic rings. The van der Waals surface area contributed by atoms with E-state index in [2.05, 4.69) is 15.4 Å². The van der Waals surface area contributed by atoms with Gasteiger partial charge in [0.15, 0.2) is 0 Å². The molecule has 0 aliphatic carbocycles. The molecule has 0 spiro atoms. The first-order chi connectivity index (χ1) is 15.2. The molecule has 152 valence electrons. The van der Waals surface area contributed by atoms with E-state index in [1.165, 1.54) is 6.33 Å². The molecule has 0 saturated carbocycles. The molecule has 0 fully saturated rings. The van der Waals surface area contributed by atoms with Crippen LogP contribution in [-0.4, -0.2) is 30.2 Å². The van der Waals surface area contributed by atoms with Crippen LogP contribution in [0.15, 0.2) is 91.5 Å². The lowest BCUT2D eigenvalue weighted by molar-refractivity contribution is 0.0941. The SMILES string of the molecule is Cn1c(C(NC(=O)c2ccc(-n3cncn3)cc2)c2ccccc2)nc2ccccc21. The van der Waals surface area contributed by atoms with Gasteiger partial charge in [-0.15, -0.1) is 0 Å². The van der Waals surface area contributed by atoms with Crippen LogP contribution in [0, 0.1) is 0 Å². The minimum Gasteiger partial charge on any atom is -0.338 e. The molecular weight excluding hydrogens is 388 g/mol. The van der Waals surface area contributed by atoms with Gasteiger partial charge in [0, 0.05) is 12.6 Å². The molecule has 7 heteroatoms. The molecule has 1 atom stereocenters. The first-order valence-corrected chi connectivity index (χ1v) is 9.93. The molecule has 1 unspecified atom stereocenters. The Kier molecular flexibility index (Phi) is 4.76. The van der Waals surface area contributed by atoms with E-state index >= 15 is 0 Å². The standard InChI is InChI=1S/C24H20N6O/c1-29-21-10-6-5-9-20(21)27-23(29)22(17-7-3-2-4-8-17)28-24(31)18-11-13-19(14-12-18)30-16-25-15-26-30/h2-16,22H,1H3,(H,28,31). The Morgan fingerprint density at radius 1 is 0.935 bits per heavy atom. The van der Waals surface area contributed by atoms with Gasteiger partial charge in [0.2, 0.25) is 0 Å². The van der Waals surface area contributed by atoms with Gasteiger partial charge >= 0.3 is 0 Å². The lowest BCUT2D eigenvalue weighted by Crippen LogP contribution is -2.31. The van der Waals surface area contributed by atoms with Crippen LogP contribution >= 0.6 is 0 Å². The van der Waals surface area contributed by atoms with Crippen molar-refractivity contribution in [3.8, 4) is 5.69 Å². The number of nitrogens with zero attached hydrogens (tertiary/aromatic N) is 5. The monoisotopic (exact) mass is 408 g/mol. The molecule has 0 saturated heterocycles. The Hall–Kier alpha value is -4.26. The minimum absolute atomic E-state index is 0.175. The van der Waals surface area contributed by atoms with Crippen molar-refractivity contribution < 1.29 is 4.79 Å². The van der Waals surface area contributed by atoms with Crippen LogP contribution in [0.5, 0.6) is 0 Å². The molecule has 1 N–H and O–H groups in total. The second-order valence-electron chi connectivity index (χ2n) is 7.22. The third kappa shape index (κ3) is 3.57. The van der Waals surface area contributed by atoms with Crippen molar-refractivity contribution in [2.75, 3.05) is 0 Å². The molecule has 31 heavy (non-hydrogen) atoms. The quantitative estimate of drug-likeness (QED) is 0.481. The van der Waals surface area contributed by atoms with Gasteiger partial charge < -0.3 is 9.88 Å². The average molecular weight is 408 g/mol. The van der Waals surface area contributed by atoms with Crippen LogP contribution < -0.4 is 5.32 Å². The largest absolute Gasteiger partial charge is 0.338 e. The van der Waals surface area contributed by atoms with E-state index in [1.54, 1.807) is 23.1 Å². The van der Waals surface area contributed by atoms with Gasteiger partial charge in [-0.05, 0) is 42.0 Å². The van der Waals surface area contributed by atoms with Crippen LogP contribution in [0.2, 0.25) is 0 Å². The zero-order valence-corrected chi connectivity index (χ0v) is 16.9. The fourth-order valence-corrected chi connectivity index (χ4v) is 3.69. The van der Waals surface area contributed by atoms with Gasteiger partial charge in [-0.25, -0.2) is 14.6 Å². The highest BCUT2D eigenvalue weighted by atomic mass is 16.1. The Balaban J connectivity index is 1.49. The van der Waals surface area contributed by atoms with Crippen LogP contribution in [0.1, 0.15) is 27.8 Å². The van der Waals surface area contributed by atoms with Crippen LogP contribution in [0.25, 0.3) is 16.7 Å². The smallest absolute Gasteiger partial charge is 0.252 e. The van der Waals surface area contributed by atoms with Gasteiger partial charge in [-0.1, -0.05) is 42.5 Å². The van der Waals surface area contributed by atoms with E-state index in [0.717, 1.165) is 28.1 Å². The maximum Gasteiger partial charge on any atom is 0.252 e. The number of carbonyl (C=O) groups excluding carboxylic acids is 1. The van der Waals surface area contributed by atoms with Gasteiger partial charge in [0.25, 0.3) is 5.91 Å². The number of para-hydroxylation sites is 2. The Bertz CT molecular complexity index is 1320. The summed E-state index contributed by atoms with van der Waals surface area (Å²) in [6, 6.07) is 24.7. The average Bonchev–Trinajstić information content (AvgIpc) is 3.47. The number of benzene rings is 3. The number of carbonyl (C=O) groups is 1. The predicted molar refractivity (Wildman–Crippen MR) is 118 cm³/mol. The number of imidazole rings is 1. The van der Waals surface area contributed by atoms with Crippen LogP contribution in [0.4, 0.5) is 0 Å². The van der Waals surface area contributed by atoms with Crippen molar-refractivity contribution >= 4 is 16.9 Å². The number of fused-ring (bicyclic) bond motifs is 1. The lowest BCUT2D eigenvalue weighted by atomic mass is 10.1. The number of hydrogen-bond acceptors (Lipinski definition) is 4. The second kappa shape index (κ2) is 7.87. The molecular formula is C24H20N6O. The number of rotatable bonds is 5. The number of amides is 1. The summed E-state index contributed by atoms with van der Waals surface area (Å²) in [7, 11) is 1.97.